The smallest absolute Gasteiger partial charge is 0.238 e. The molecule has 1 amide bonds. The molecule has 142 valence electrons. The van der Waals surface area contributed by atoms with Crippen LogP contribution in [0.3, 0.4) is 0 Å². The summed E-state index contributed by atoms with van der Waals surface area (Å²) in [5, 5.41) is 6.35. The molecular weight excluding hydrogens is 338 g/mol. The van der Waals surface area contributed by atoms with Gasteiger partial charge in [-0.25, -0.2) is 0 Å². The largest absolute Gasteiger partial charge is 0.325 e. The maximum Gasteiger partial charge on any atom is 0.238 e. The first-order valence-corrected chi connectivity index (χ1v) is 9.51. The summed E-state index contributed by atoms with van der Waals surface area (Å²) in [6, 6.07) is 15.9. The predicted octanol–water partition coefficient (Wildman–Crippen LogP) is 3.04. The number of aryl methyl sites for hydroxylation is 1. The number of carbonyl (C=O) groups excluding carboxylic acids is 2. The minimum Gasteiger partial charge on any atom is -0.325 e. The summed E-state index contributed by atoms with van der Waals surface area (Å²) in [6.07, 6.45) is 1.02. The lowest BCUT2D eigenvalue weighted by Gasteiger charge is -2.36. The van der Waals surface area contributed by atoms with Gasteiger partial charge in [-0.15, -0.1) is 0 Å². The summed E-state index contributed by atoms with van der Waals surface area (Å²) in [6.45, 7) is 6.52. The van der Waals surface area contributed by atoms with Gasteiger partial charge in [-0.1, -0.05) is 43.3 Å². The maximum atomic E-state index is 12.6. The molecule has 0 aromatic heterocycles. The fourth-order valence-corrected chi connectivity index (χ4v) is 3.44. The van der Waals surface area contributed by atoms with Gasteiger partial charge in [-0.2, -0.15) is 0 Å². The van der Waals surface area contributed by atoms with Crippen LogP contribution in [0, 0.1) is 0 Å². The van der Waals surface area contributed by atoms with E-state index in [1.807, 2.05) is 6.07 Å². The Morgan fingerprint density at radius 1 is 1.19 bits per heavy atom. The van der Waals surface area contributed by atoms with Gasteiger partial charge in [0, 0.05) is 36.9 Å². The minimum absolute atomic E-state index is 0.0104. The average molecular weight is 365 g/mol. The van der Waals surface area contributed by atoms with Crippen LogP contribution in [0.1, 0.15) is 41.4 Å². The number of amides is 1. The first kappa shape index (κ1) is 19.3. The van der Waals surface area contributed by atoms with Crippen molar-refractivity contribution in [2.24, 2.45) is 0 Å². The fraction of sp³-hybridized carbons (Fsp3) is 0.364. The number of benzene rings is 2. The highest BCUT2D eigenvalue weighted by atomic mass is 16.2. The van der Waals surface area contributed by atoms with Gasteiger partial charge in [0.05, 0.1) is 6.54 Å². The molecule has 0 aliphatic carbocycles. The van der Waals surface area contributed by atoms with Crippen LogP contribution in [0.4, 0.5) is 5.69 Å². The Balaban J connectivity index is 1.67. The van der Waals surface area contributed by atoms with Crippen LogP contribution in [-0.4, -0.2) is 42.8 Å². The molecule has 0 bridgehead atoms. The number of nitrogens with zero attached hydrogens (tertiary/aromatic N) is 1. The van der Waals surface area contributed by atoms with E-state index in [0.29, 0.717) is 17.8 Å². The molecule has 1 fully saturated rings. The number of hydrogen-bond donors (Lipinski definition) is 2. The van der Waals surface area contributed by atoms with E-state index < -0.39 is 0 Å². The number of nitrogens with one attached hydrogen (secondary N) is 2. The summed E-state index contributed by atoms with van der Waals surface area (Å²) in [4.78, 5) is 26.3. The Morgan fingerprint density at radius 2 is 1.96 bits per heavy atom. The van der Waals surface area contributed by atoms with E-state index in [1.165, 1.54) is 18.1 Å². The number of piperazine rings is 1. The normalized spacial score (nSPS) is 17.5. The highest BCUT2D eigenvalue weighted by Crippen LogP contribution is 2.23. The lowest BCUT2D eigenvalue weighted by molar-refractivity contribution is -0.118. The van der Waals surface area contributed by atoms with E-state index in [-0.39, 0.29) is 17.7 Å². The first-order valence-electron chi connectivity index (χ1n) is 9.51. The van der Waals surface area contributed by atoms with Gasteiger partial charge in [-0.3, -0.25) is 14.5 Å². The van der Waals surface area contributed by atoms with Crippen LogP contribution in [-0.2, 0) is 11.2 Å². The zero-order valence-electron chi connectivity index (χ0n) is 16.0. The molecule has 1 aliphatic heterocycles. The zero-order chi connectivity index (χ0) is 19.2. The fourth-order valence-electron chi connectivity index (χ4n) is 3.44. The Bertz CT molecular complexity index is 801. The summed E-state index contributed by atoms with van der Waals surface area (Å²) < 4.78 is 0. The van der Waals surface area contributed by atoms with Gasteiger partial charge in [0.2, 0.25) is 5.91 Å². The van der Waals surface area contributed by atoms with Crippen molar-refractivity contribution in [2.75, 3.05) is 31.5 Å². The minimum atomic E-state index is -0.0622. The quantitative estimate of drug-likeness (QED) is 0.773. The Hall–Kier alpha value is -2.50. The average Bonchev–Trinajstić information content (AvgIpc) is 2.68. The molecule has 1 unspecified atom stereocenters. The number of hydrogen-bond acceptors (Lipinski definition) is 4. The predicted molar refractivity (Wildman–Crippen MR) is 108 cm³/mol. The Labute approximate surface area is 160 Å². The molecule has 0 radical (unpaired) electrons. The molecule has 0 spiro atoms. The monoisotopic (exact) mass is 365 g/mol. The van der Waals surface area contributed by atoms with Gasteiger partial charge >= 0.3 is 0 Å². The molecule has 2 aromatic carbocycles. The molecular formula is C22H27N3O2. The lowest BCUT2D eigenvalue weighted by Crippen LogP contribution is -2.48. The van der Waals surface area contributed by atoms with E-state index in [2.05, 4.69) is 46.7 Å². The zero-order valence-corrected chi connectivity index (χ0v) is 16.0. The number of Topliss-reactive ketones (excluding diaryl/α,β-unsaturated/α-hetero) is 1. The van der Waals surface area contributed by atoms with Crippen molar-refractivity contribution in [3.05, 3.63) is 65.2 Å². The van der Waals surface area contributed by atoms with Crippen molar-refractivity contribution < 1.29 is 9.59 Å². The molecule has 1 heterocycles. The molecule has 2 aromatic rings. The van der Waals surface area contributed by atoms with E-state index in [1.54, 1.807) is 18.2 Å². The van der Waals surface area contributed by atoms with E-state index >= 15 is 0 Å². The molecule has 1 atom stereocenters. The number of anilines is 1. The van der Waals surface area contributed by atoms with Gasteiger partial charge in [0.25, 0.3) is 0 Å². The second kappa shape index (κ2) is 8.93. The van der Waals surface area contributed by atoms with Crippen molar-refractivity contribution in [1.82, 2.24) is 10.2 Å². The second-order valence-corrected chi connectivity index (χ2v) is 6.97. The van der Waals surface area contributed by atoms with E-state index in [4.69, 9.17) is 0 Å². The van der Waals surface area contributed by atoms with Crippen LogP contribution in [0.5, 0.6) is 0 Å². The molecule has 5 nitrogen and oxygen atoms in total. The highest BCUT2D eigenvalue weighted by molar-refractivity contribution is 5.97. The topological polar surface area (TPSA) is 61.4 Å². The third kappa shape index (κ3) is 5.02. The van der Waals surface area contributed by atoms with E-state index in [9.17, 15) is 9.59 Å². The van der Waals surface area contributed by atoms with Gasteiger partial charge in [0.15, 0.2) is 5.78 Å². The third-order valence-electron chi connectivity index (χ3n) is 5.03. The van der Waals surface area contributed by atoms with Crippen LogP contribution < -0.4 is 10.6 Å². The highest BCUT2D eigenvalue weighted by Gasteiger charge is 2.25. The molecule has 1 saturated heterocycles. The second-order valence-electron chi connectivity index (χ2n) is 6.97. The van der Waals surface area contributed by atoms with Crippen LogP contribution in [0.25, 0.3) is 0 Å². The SMILES string of the molecule is CCc1ccc(C2CNCCN2CC(=O)Nc2cccc(C(C)=O)c2)cc1. The molecule has 3 rings (SSSR count). The first-order chi connectivity index (χ1) is 13.1. The number of ketones is 1. The maximum absolute atomic E-state index is 12.6. The molecule has 1 aliphatic rings. The summed E-state index contributed by atoms with van der Waals surface area (Å²) in [7, 11) is 0. The summed E-state index contributed by atoms with van der Waals surface area (Å²) in [5.74, 6) is -0.0726. The van der Waals surface area contributed by atoms with E-state index in [0.717, 1.165) is 26.1 Å². The molecule has 5 heteroatoms. The molecule has 27 heavy (non-hydrogen) atoms. The van der Waals surface area contributed by atoms with Crippen LogP contribution in [0.15, 0.2) is 48.5 Å². The molecule has 2 N–H and O–H groups in total. The summed E-state index contributed by atoms with van der Waals surface area (Å²) in [5.41, 5.74) is 3.80. The number of carbonyl (C=O) groups is 2. The van der Waals surface area contributed by atoms with Crippen molar-refractivity contribution in [3.63, 3.8) is 0 Å². The Kier molecular flexibility index (Phi) is 6.37. The van der Waals surface area contributed by atoms with Gasteiger partial charge in [-0.05, 0) is 36.6 Å². The summed E-state index contributed by atoms with van der Waals surface area (Å²) >= 11 is 0. The van der Waals surface area contributed by atoms with Crippen LogP contribution >= 0.6 is 0 Å². The van der Waals surface area contributed by atoms with Crippen molar-refractivity contribution in [2.45, 2.75) is 26.3 Å². The van der Waals surface area contributed by atoms with Crippen LogP contribution in [0.2, 0.25) is 0 Å². The van der Waals surface area contributed by atoms with Crippen molar-refractivity contribution in [3.8, 4) is 0 Å². The third-order valence-corrected chi connectivity index (χ3v) is 5.03. The standard InChI is InChI=1S/C22H27N3O2/c1-3-17-7-9-18(10-8-17)21-14-23-11-12-25(21)15-22(27)24-20-6-4-5-19(13-20)16(2)26/h4-10,13,21,23H,3,11-12,14-15H2,1-2H3,(H,24,27). The van der Waals surface area contributed by atoms with Gasteiger partial charge in [0.1, 0.15) is 0 Å². The van der Waals surface area contributed by atoms with Gasteiger partial charge < -0.3 is 10.6 Å². The van der Waals surface area contributed by atoms with Crippen molar-refractivity contribution in [1.29, 1.82) is 0 Å². The number of rotatable bonds is 6. The van der Waals surface area contributed by atoms with Crippen molar-refractivity contribution >= 4 is 17.4 Å². The molecule has 0 saturated carbocycles. The lowest BCUT2D eigenvalue weighted by atomic mass is 10.0. The Morgan fingerprint density at radius 3 is 2.67 bits per heavy atom.